The average Bonchev–Trinajstić information content (AvgIpc) is 3.47. The first-order chi connectivity index (χ1) is 20.1. The van der Waals surface area contributed by atoms with E-state index in [0.29, 0.717) is 38.0 Å². The number of rotatable bonds is 19. The summed E-state index contributed by atoms with van der Waals surface area (Å²) in [5, 5.41) is 17.6. The number of hydrogen-bond donors (Lipinski definition) is 9. The number of aliphatic imine (C=N–C) groups is 1. The van der Waals surface area contributed by atoms with Gasteiger partial charge in [-0.3, -0.25) is 19.4 Å². The van der Waals surface area contributed by atoms with Crippen LogP contribution in [0.3, 0.4) is 0 Å². The number of nitrogens with two attached hydrogens (primary N) is 4. The van der Waals surface area contributed by atoms with Gasteiger partial charge >= 0.3 is 5.97 Å². The van der Waals surface area contributed by atoms with E-state index in [2.05, 4.69) is 30.9 Å². The highest BCUT2D eigenvalue weighted by molar-refractivity contribution is 5.94. The van der Waals surface area contributed by atoms with Crippen LogP contribution >= 0.6 is 0 Å². The van der Waals surface area contributed by atoms with Crippen LogP contribution in [-0.2, 0) is 32.0 Å². The van der Waals surface area contributed by atoms with E-state index in [9.17, 15) is 24.3 Å². The van der Waals surface area contributed by atoms with Gasteiger partial charge in [0.1, 0.15) is 18.1 Å². The molecule has 0 saturated carbocycles. The van der Waals surface area contributed by atoms with E-state index >= 15 is 0 Å². The number of amides is 3. The Morgan fingerprint density at radius 2 is 1.55 bits per heavy atom. The van der Waals surface area contributed by atoms with Gasteiger partial charge in [0.2, 0.25) is 17.7 Å². The monoisotopic (exact) mass is 586 g/mol. The van der Waals surface area contributed by atoms with Gasteiger partial charge in [0.25, 0.3) is 0 Å². The number of carbonyl (C=O) groups is 4. The zero-order valence-electron chi connectivity index (χ0n) is 23.5. The van der Waals surface area contributed by atoms with Crippen molar-refractivity contribution >= 4 is 29.7 Å². The van der Waals surface area contributed by atoms with E-state index in [1.807, 2.05) is 0 Å². The predicted octanol–water partition coefficient (Wildman–Crippen LogP) is -1.76. The molecule has 0 aliphatic carbocycles. The highest BCUT2D eigenvalue weighted by atomic mass is 16.4. The Bertz CT molecular complexity index is 1160. The molecule has 2 rings (SSSR count). The van der Waals surface area contributed by atoms with E-state index in [0.717, 1.165) is 5.56 Å². The number of unbranched alkanes of at least 4 members (excludes halogenated alkanes) is 1. The number of aromatic nitrogens is 2. The minimum Gasteiger partial charge on any atom is -0.480 e. The lowest BCUT2D eigenvalue weighted by Crippen LogP contribution is -2.57. The topological polar surface area (TPSA) is 270 Å². The van der Waals surface area contributed by atoms with Crippen LogP contribution in [0, 0.1) is 0 Å². The molecule has 15 heteroatoms. The lowest BCUT2D eigenvalue weighted by atomic mass is 10.0. The Hall–Kier alpha value is -4.50. The van der Waals surface area contributed by atoms with E-state index < -0.39 is 47.9 Å². The van der Waals surface area contributed by atoms with Crippen molar-refractivity contribution in [1.29, 1.82) is 0 Å². The normalized spacial score (nSPS) is 13.7. The fraction of sp³-hybridized carbons (Fsp3) is 0.481. The second-order valence-corrected chi connectivity index (χ2v) is 9.83. The van der Waals surface area contributed by atoms with E-state index in [-0.39, 0.29) is 31.6 Å². The number of carboxylic acid groups (broad SMARTS) is 1. The van der Waals surface area contributed by atoms with Crippen LogP contribution in [0.25, 0.3) is 0 Å². The molecular formula is C27H42N10O5. The molecule has 230 valence electrons. The number of carboxylic acids is 1. The Morgan fingerprint density at radius 3 is 2.17 bits per heavy atom. The summed E-state index contributed by atoms with van der Waals surface area (Å²) in [6.45, 7) is 0.677. The standard InChI is InChI=1S/C27H42N10O5/c28-11-5-4-10-20(24(39)37-22(26(41)42)13-17-7-2-1-3-8-17)35-25(40)21(14-18-15-32-16-34-18)36-23(38)19(29)9-6-12-33-27(30)31/h1-3,7-8,15-16,19-22H,4-6,9-14,28-29H2,(H,32,34)(H,35,40)(H,36,38)(H,37,39)(H,41,42)(H4,30,31,33). The third-order valence-electron chi connectivity index (χ3n) is 6.39. The van der Waals surface area contributed by atoms with Crippen molar-refractivity contribution in [3.63, 3.8) is 0 Å². The van der Waals surface area contributed by atoms with Crippen LogP contribution in [-0.4, -0.2) is 82.0 Å². The van der Waals surface area contributed by atoms with E-state index in [1.165, 1.54) is 12.5 Å². The zero-order chi connectivity index (χ0) is 30.9. The molecule has 0 fully saturated rings. The molecule has 0 bridgehead atoms. The largest absolute Gasteiger partial charge is 0.480 e. The Morgan fingerprint density at radius 1 is 0.881 bits per heavy atom. The first kappa shape index (κ1) is 33.7. The lowest BCUT2D eigenvalue weighted by molar-refractivity contribution is -0.142. The number of aliphatic carboxylic acids is 1. The van der Waals surface area contributed by atoms with Crippen molar-refractivity contribution in [2.75, 3.05) is 13.1 Å². The molecule has 15 nitrogen and oxygen atoms in total. The van der Waals surface area contributed by atoms with Crippen LogP contribution in [0.15, 0.2) is 47.8 Å². The zero-order valence-corrected chi connectivity index (χ0v) is 23.5. The minimum atomic E-state index is -1.22. The van der Waals surface area contributed by atoms with E-state index in [1.54, 1.807) is 30.3 Å². The smallest absolute Gasteiger partial charge is 0.326 e. The summed E-state index contributed by atoms with van der Waals surface area (Å²) in [4.78, 5) is 62.2. The van der Waals surface area contributed by atoms with Crippen molar-refractivity contribution in [2.45, 2.75) is 69.1 Å². The number of guanidine groups is 1. The number of benzene rings is 1. The number of nitrogens with one attached hydrogen (secondary N) is 4. The summed E-state index contributed by atoms with van der Waals surface area (Å²) in [5.41, 5.74) is 23.5. The highest BCUT2D eigenvalue weighted by Gasteiger charge is 2.30. The second kappa shape index (κ2) is 18.0. The molecule has 0 aliphatic rings. The highest BCUT2D eigenvalue weighted by Crippen LogP contribution is 2.08. The average molecular weight is 587 g/mol. The summed E-state index contributed by atoms with van der Waals surface area (Å²) in [6, 6.07) is 4.54. The number of carbonyl (C=O) groups excluding carboxylic acids is 3. The fourth-order valence-corrected chi connectivity index (χ4v) is 4.11. The van der Waals surface area contributed by atoms with Crippen LogP contribution < -0.4 is 38.9 Å². The van der Waals surface area contributed by atoms with Crippen LogP contribution in [0.2, 0.25) is 0 Å². The van der Waals surface area contributed by atoms with Crippen molar-refractivity contribution in [2.24, 2.45) is 27.9 Å². The molecule has 13 N–H and O–H groups in total. The summed E-state index contributed by atoms with van der Waals surface area (Å²) in [7, 11) is 0. The minimum absolute atomic E-state index is 0.0428. The molecule has 3 amide bonds. The maximum atomic E-state index is 13.5. The molecule has 0 saturated heterocycles. The van der Waals surface area contributed by atoms with Gasteiger partial charge in [0, 0.05) is 31.3 Å². The molecule has 1 aromatic heterocycles. The van der Waals surface area contributed by atoms with Crippen LogP contribution in [0.5, 0.6) is 0 Å². The van der Waals surface area contributed by atoms with Gasteiger partial charge in [-0.2, -0.15) is 0 Å². The molecule has 4 atom stereocenters. The summed E-state index contributed by atoms with van der Waals surface area (Å²) >= 11 is 0. The fourth-order valence-electron chi connectivity index (χ4n) is 4.11. The summed E-state index contributed by atoms with van der Waals surface area (Å²) < 4.78 is 0. The van der Waals surface area contributed by atoms with Gasteiger partial charge in [0.05, 0.1) is 12.4 Å². The van der Waals surface area contributed by atoms with Crippen LogP contribution in [0.1, 0.15) is 43.4 Å². The van der Waals surface area contributed by atoms with Crippen molar-refractivity contribution in [3.05, 3.63) is 54.1 Å². The van der Waals surface area contributed by atoms with Crippen molar-refractivity contribution in [1.82, 2.24) is 25.9 Å². The molecule has 2 aromatic rings. The number of nitrogens with zero attached hydrogens (tertiary/aromatic N) is 2. The first-order valence-electron chi connectivity index (χ1n) is 13.8. The van der Waals surface area contributed by atoms with Crippen LogP contribution in [0.4, 0.5) is 0 Å². The van der Waals surface area contributed by atoms with E-state index in [4.69, 9.17) is 22.9 Å². The molecule has 42 heavy (non-hydrogen) atoms. The van der Waals surface area contributed by atoms with Gasteiger partial charge in [0.15, 0.2) is 5.96 Å². The Labute approximate surface area is 244 Å². The SMILES string of the molecule is NCCCCC(NC(=O)C(Cc1cnc[nH]1)NC(=O)C(N)CCCN=C(N)N)C(=O)NC(Cc1ccccc1)C(=O)O. The molecule has 1 heterocycles. The molecule has 4 unspecified atom stereocenters. The number of imidazole rings is 1. The summed E-state index contributed by atoms with van der Waals surface area (Å²) in [6.07, 6.45) is 5.06. The quantitative estimate of drug-likeness (QED) is 0.0508. The molecule has 0 aliphatic heterocycles. The van der Waals surface area contributed by atoms with Crippen molar-refractivity contribution < 1.29 is 24.3 Å². The maximum Gasteiger partial charge on any atom is 0.326 e. The van der Waals surface area contributed by atoms with Gasteiger partial charge in [-0.1, -0.05) is 30.3 Å². The third-order valence-corrected chi connectivity index (χ3v) is 6.39. The third kappa shape index (κ3) is 12.3. The Kier molecular flexibility index (Phi) is 14.5. The number of H-pyrrole nitrogens is 1. The van der Waals surface area contributed by atoms with Gasteiger partial charge in [-0.15, -0.1) is 0 Å². The maximum absolute atomic E-state index is 13.5. The van der Waals surface area contributed by atoms with Crippen molar-refractivity contribution in [3.8, 4) is 0 Å². The summed E-state index contributed by atoms with van der Waals surface area (Å²) in [5.74, 6) is -3.15. The predicted molar refractivity (Wildman–Crippen MR) is 157 cm³/mol. The lowest BCUT2D eigenvalue weighted by Gasteiger charge is -2.25. The molecular weight excluding hydrogens is 544 g/mol. The second-order valence-electron chi connectivity index (χ2n) is 9.83. The van der Waals surface area contributed by atoms with Gasteiger partial charge < -0.3 is 49.0 Å². The molecule has 1 aromatic carbocycles. The molecule has 0 spiro atoms. The van der Waals surface area contributed by atoms with Gasteiger partial charge in [-0.05, 0) is 44.2 Å². The molecule has 0 radical (unpaired) electrons. The number of hydrogen-bond acceptors (Lipinski definition) is 8. The number of aromatic amines is 1. The Balaban J connectivity index is 2.15. The van der Waals surface area contributed by atoms with Gasteiger partial charge in [-0.25, -0.2) is 9.78 Å². The first-order valence-corrected chi connectivity index (χ1v) is 13.8.